The minimum Gasteiger partial charge on any atom is -0.495 e. The number of halogens is 1. The van der Waals surface area contributed by atoms with Crippen LogP contribution in [0.15, 0.2) is 115 Å². The van der Waals surface area contributed by atoms with Crippen LogP contribution >= 0.6 is 23.8 Å². The zero-order chi connectivity index (χ0) is 69.7. The highest BCUT2D eigenvalue weighted by molar-refractivity contribution is 7.80. The molecule has 522 valence electrons. The summed E-state index contributed by atoms with van der Waals surface area (Å²) in [7, 11) is 9.46. The number of ether oxygens (including phenoxy) is 8. The van der Waals surface area contributed by atoms with E-state index in [9.17, 15) is 33.9 Å². The maximum Gasteiger partial charge on any atom is 0.424 e. The van der Waals surface area contributed by atoms with Crippen LogP contribution in [0.5, 0.6) is 5.75 Å². The first-order valence-electron chi connectivity index (χ1n) is 32.6. The largest absolute Gasteiger partial charge is 0.495 e. The molecule has 9 rings (SSSR count). The van der Waals surface area contributed by atoms with Crippen molar-refractivity contribution in [1.82, 2.24) is 40.8 Å². The van der Waals surface area contributed by atoms with Gasteiger partial charge in [-0.3, -0.25) is 19.7 Å². The van der Waals surface area contributed by atoms with Gasteiger partial charge in [-0.2, -0.15) is 0 Å². The number of hydrogen-bond acceptors (Lipinski definition) is 17. The van der Waals surface area contributed by atoms with E-state index in [2.05, 4.69) is 56.2 Å². The molecular weight excluding hydrogens is 1290 g/mol. The fraction of sp³-hybridized carbons (Fsp3) is 0.479. The maximum absolute atomic E-state index is 14.4. The minimum atomic E-state index is -1.87. The number of fused-ring (bicyclic) bond motifs is 9. The Bertz CT molecular complexity index is 3690. The van der Waals surface area contributed by atoms with Crippen LogP contribution in [0.3, 0.4) is 0 Å². The molecule has 24 nitrogen and oxygen atoms in total. The summed E-state index contributed by atoms with van der Waals surface area (Å²) in [5, 5.41) is 28.4. The van der Waals surface area contributed by atoms with Gasteiger partial charge in [-0.1, -0.05) is 109 Å². The SMILES string of the molecule is COc1cc2cc(c1Cl)N(C)C(=O)C[C@H](OC(=O)[C@H](C)N(C)C(=O)CCOCCOCCNC(=S)NCCNC(=O)CCn1c(CN(C)N(C)C(=O)OCC3c4ccccc4-c4ccccc43)cc3ccccc31)[C@]1(C)OC1[C@H](C)[C@@H]1C[C@@](O)(NC(=O)O1)[C@H](OC)/C=C/C=C(\C)C2. The number of allylic oxidation sites excluding steroid dienone is 3. The van der Waals surface area contributed by atoms with E-state index < -0.39 is 77.7 Å². The van der Waals surface area contributed by atoms with Gasteiger partial charge >= 0.3 is 18.2 Å². The number of esters is 1. The van der Waals surface area contributed by atoms with Gasteiger partial charge in [0.05, 0.1) is 64.7 Å². The second-order valence-electron chi connectivity index (χ2n) is 25.2. The van der Waals surface area contributed by atoms with Crippen molar-refractivity contribution in [3.63, 3.8) is 0 Å². The molecule has 3 aliphatic heterocycles. The fourth-order valence-corrected chi connectivity index (χ4v) is 13.2. The molecule has 4 aromatic carbocycles. The Morgan fingerprint density at radius 2 is 1.56 bits per heavy atom. The molecule has 1 aromatic heterocycles. The van der Waals surface area contributed by atoms with E-state index in [-0.39, 0.29) is 69.0 Å². The van der Waals surface area contributed by atoms with Gasteiger partial charge in [0.15, 0.2) is 10.8 Å². The van der Waals surface area contributed by atoms with Gasteiger partial charge in [-0.15, -0.1) is 0 Å². The predicted octanol–water partition coefficient (Wildman–Crippen LogP) is 7.79. The Labute approximate surface area is 576 Å². The lowest BCUT2D eigenvalue weighted by molar-refractivity contribution is -0.162. The smallest absolute Gasteiger partial charge is 0.424 e. The molecule has 4 bridgehead atoms. The highest BCUT2D eigenvalue weighted by Crippen LogP contribution is 2.50. The zero-order valence-corrected chi connectivity index (χ0v) is 58.3. The van der Waals surface area contributed by atoms with E-state index in [0.29, 0.717) is 62.3 Å². The number of carbonyl (C=O) groups is 6. The van der Waals surface area contributed by atoms with Crippen LogP contribution in [0.2, 0.25) is 5.02 Å². The molecule has 2 saturated heterocycles. The van der Waals surface area contributed by atoms with Gasteiger partial charge in [-0.25, -0.2) is 24.4 Å². The van der Waals surface area contributed by atoms with Crippen molar-refractivity contribution in [1.29, 1.82) is 0 Å². The van der Waals surface area contributed by atoms with Gasteiger partial charge in [0.25, 0.3) is 0 Å². The molecule has 2 fully saturated rings. The molecule has 4 heterocycles. The molecule has 4 aliphatic rings. The lowest BCUT2D eigenvalue weighted by Gasteiger charge is -2.42. The first-order chi connectivity index (χ1) is 46.4. The number of likely N-dealkylation sites (N-methyl/N-ethyl adjacent to an activating group) is 1. The van der Waals surface area contributed by atoms with E-state index in [0.717, 1.165) is 50.0 Å². The summed E-state index contributed by atoms with van der Waals surface area (Å²) >= 11 is 12.3. The average molecular weight is 1380 g/mol. The van der Waals surface area contributed by atoms with Crippen LogP contribution < -0.4 is 30.9 Å². The van der Waals surface area contributed by atoms with E-state index in [1.165, 1.54) is 43.0 Å². The second-order valence-corrected chi connectivity index (χ2v) is 25.9. The number of nitrogens with zero attached hydrogens (tertiary/aromatic N) is 5. The quantitative estimate of drug-likeness (QED) is 0.00932. The molecular formula is C71H90ClN9O15S. The zero-order valence-electron chi connectivity index (χ0n) is 56.7. The van der Waals surface area contributed by atoms with Gasteiger partial charge in [0.1, 0.15) is 47.3 Å². The number of carbonyl (C=O) groups excluding carboxylic acids is 6. The number of nitrogens with one attached hydrogen (secondary N) is 4. The Kier molecular flexibility index (Phi) is 24.8. The number of alkyl carbamates (subject to hydrolysis) is 1. The Balaban J connectivity index is 0.671. The van der Waals surface area contributed by atoms with Crippen LogP contribution in [0.4, 0.5) is 15.3 Å². The number of aryl methyl sites for hydroxylation is 1. The monoisotopic (exact) mass is 1380 g/mol. The van der Waals surface area contributed by atoms with Crippen molar-refractivity contribution < 1.29 is 71.8 Å². The number of epoxide rings is 1. The summed E-state index contributed by atoms with van der Waals surface area (Å²) in [6.07, 6.45) is 0.213. The van der Waals surface area contributed by atoms with E-state index in [1.807, 2.05) is 68.6 Å². The number of aromatic nitrogens is 1. The molecule has 5 amide bonds. The first kappa shape index (κ1) is 73.1. The lowest BCUT2D eigenvalue weighted by Crippen LogP contribution is -2.63. The molecule has 8 atom stereocenters. The van der Waals surface area contributed by atoms with Crippen molar-refractivity contribution in [2.75, 3.05) is 100.0 Å². The van der Waals surface area contributed by atoms with Crippen LogP contribution in [-0.2, 0) is 71.8 Å². The molecule has 1 aliphatic carbocycles. The van der Waals surface area contributed by atoms with Crippen LogP contribution in [0.25, 0.3) is 22.0 Å². The summed E-state index contributed by atoms with van der Waals surface area (Å²) in [5.74, 6) is -2.10. The molecule has 0 saturated carbocycles. The number of rotatable bonds is 25. The number of hydrazine groups is 1. The third-order valence-corrected chi connectivity index (χ3v) is 19.3. The average Bonchev–Trinajstić information content (AvgIpc) is 1.60. The number of benzene rings is 4. The number of amides is 5. The van der Waals surface area contributed by atoms with E-state index in [1.54, 1.807) is 57.2 Å². The van der Waals surface area contributed by atoms with Gasteiger partial charge < -0.3 is 73.3 Å². The Hall–Kier alpha value is -8.14. The van der Waals surface area contributed by atoms with Crippen molar-refractivity contribution in [2.45, 2.75) is 121 Å². The van der Waals surface area contributed by atoms with Crippen molar-refractivity contribution >= 4 is 81.4 Å². The third-order valence-electron chi connectivity index (χ3n) is 18.6. The number of thiocarbonyl (C=S) groups is 1. The second kappa shape index (κ2) is 32.9. The van der Waals surface area contributed by atoms with Crippen molar-refractivity contribution in [3.8, 4) is 16.9 Å². The lowest BCUT2D eigenvalue weighted by atomic mass is 9.83. The van der Waals surface area contributed by atoms with Crippen molar-refractivity contribution in [2.24, 2.45) is 5.92 Å². The van der Waals surface area contributed by atoms with Gasteiger partial charge in [-0.05, 0) is 96.9 Å². The standard InChI is InChI=1S/C71H90ClN9O15S/c1-44-18-17-25-59(90-10)71(88)41-58(94-68(86)76-71)45(2)65-70(4,96-65)60(40-63(84)79(7)56-37-47(36-44)38-57(89-9)64(56)72)95-66(85)46(3)78(6)62(83)27-32-91-34-35-92-33-30-75-67(97)74-29-28-73-61(82)26-31-81-49(39-48-19-11-16-24-55(48)81)42-77(5)80(8)69(87)93-43-54-52-22-14-12-20-50(52)51-21-13-15-23-53(51)54/h11-25,37-39,45-46,54,58-60,65,88H,26-36,40-43H2,1-10H3,(H,73,82)(H,76,86)(H2,74,75,97)/b25-17+,44-18+/t45-,46+,58+,59-,60+,65?,70+,71+/m1/s1. The summed E-state index contributed by atoms with van der Waals surface area (Å²) in [6, 6.07) is 29.0. The van der Waals surface area contributed by atoms with E-state index >= 15 is 0 Å². The Morgan fingerprint density at radius 3 is 2.27 bits per heavy atom. The highest BCUT2D eigenvalue weighted by atomic mass is 35.5. The summed E-state index contributed by atoms with van der Waals surface area (Å²) in [4.78, 5) is 84.3. The minimum absolute atomic E-state index is 0.0431. The summed E-state index contributed by atoms with van der Waals surface area (Å²) in [6.45, 7) is 9.84. The summed E-state index contributed by atoms with van der Waals surface area (Å²) in [5.41, 5.74) is 5.40. The van der Waals surface area contributed by atoms with Crippen LogP contribution in [-0.4, -0.2) is 202 Å². The first-order valence-corrected chi connectivity index (χ1v) is 33.4. The normalized spacial score (nSPS) is 22.7. The summed E-state index contributed by atoms with van der Waals surface area (Å²) < 4.78 is 49.0. The molecule has 5 N–H and O–H groups in total. The number of anilines is 1. The van der Waals surface area contributed by atoms with Gasteiger partial charge in [0, 0.05) is 97.4 Å². The Morgan fingerprint density at radius 1 is 0.887 bits per heavy atom. The van der Waals surface area contributed by atoms with Crippen LogP contribution in [0.1, 0.15) is 81.7 Å². The van der Waals surface area contributed by atoms with Gasteiger partial charge in [0.2, 0.25) is 17.7 Å². The number of para-hydroxylation sites is 1. The molecule has 97 heavy (non-hydrogen) atoms. The molecule has 5 aromatic rings. The molecule has 26 heteroatoms. The number of aliphatic hydroxyl groups is 1. The molecule has 0 spiro atoms. The topological polar surface area (TPSA) is 266 Å². The third kappa shape index (κ3) is 17.8. The fourth-order valence-electron chi connectivity index (χ4n) is 12.7. The maximum atomic E-state index is 14.4. The number of methoxy groups -OCH3 is 2. The highest BCUT2D eigenvalue weighted by Gasteiger charge is 2.64. The van der Waals surface area contributed by atoms with Crippen LogP contribution in [0, 0.1) is 5.92 Å². The number of hydrogen-bond donors (Lipinski definition) is 5. The predicted molar refractivity (Wildman–Crippen MR) is 370 cm³/mol. The van der Waals surface area contributed by atoms with E-state index in [4.69, 9.17) is 61.7 Å². The molecule has 1 unspecified atom stereocenters. The molecule has 0 radical (unpaired) electrons. The van der Waals surface area contributed by atoms with Crippen molar-refractivity contribution in [3.05, 3.63) is 142 Å².